The molecule has 0 aromatic carbocycles. The van der Waals surface area contributed by atoms with Crippen LogP contribution in [-0.2, 0) is 4.74 Å². The van der Waals surface area contributed by atoms with Crippen LogP contribution in [0.5, 0.6) is 0 Å². The van der Waals surface area contributed by atoms with Crippen LogP contribution < -0.4 is 5.32 Å². The second-order valence-electron chi connectivity index (χ2n) is 4.38. The van der Waals surface area contributed by atoms with Crippen molar-refractivity contribution < 1.29 is 4.74 Å². The van der Waals surface area contributed by atoms with Crippen LogP contribution >= 0.6 is 0 Å². The molecule has 1 N–H and O–H groups in total. The maximum absolute atomic E-state index is 5.62. The smallest absolute Gasteiger partial charge is 0.0598 e. The van der Waals surface area contributed by atoms with Gasteiger partial charge in [-0.3, -0.25) is 0 Å². The molecule has 0 aliphatic carbocycles. The van der Waals surface area contributed by atoms with Crippen LogP contribution in [0.25, 0.3) is 0 Å². The molecule has 0 aliphatic heterocycles. The number of ether oxygens (including phenoxy) is 1. The quantitative estimate of drug-likeness (QED) is 0.619. The Morgan fingerprint density at radius 3 is 2.31 bits per heavy atom. The minimum absolute atomic E-state index is 0.0294. The summed E-state index contributed by atoms with van der Waals surface area (Å²) in [4.78, 5) is 0. The average Bonchev–Trinajstić information content (AvgIpc) is 2.01. The van der Waals surface area contributed by atoms with Crippen LogP contribution in [0.3, 0.4) is 0 Å². The first-order valence-electron chi connectivity index (χ1n) is 5.41. The molecule has 0 heterocycles. The van der Waals surface area contributed by atoms with Gasteiger partial charge in [0.2, 0.25) is 0 Å². The Hall–Kier alpha value is -0.0800. The van der Waals surface area contributed by atoms with Crippen molar-refractivity contribution in [3.8, 4) is 0 Å². The summed E-state index contributed by atoms with van der Waals surface area (Å²) in [6.07, 6.45) is 3.72. The first-order valence-corrected chi connectivity index (χ1v) is 5.41. The maximum atomic E-state index is 5.62. The molecule has 0 aromatic rings. The first kappa shape index (κ1) is 12.9. The molecule has 0 spiro atoms. The molecule has 0 rings (SSSR count). The van der Waals surface area contributed by atoms with Crippen molar-refractivity contribution in [2.24, 2.45) is 0 Å². The SMILES string of the molecule is CCNCCCCCOC(C)(C)C. The second-order valence-corrected chi connectivity index (χ2v) is 4.38. The summed E-state index contributed by atoms with van der Waals surface area (Å²) in [7, 11) is 0. The van der Waals surface area contributed by atoms with E-state index >= 15 is 0 Å². The van der Waals surface area contributed by atoms with E-state index in [1.807, 2.05) is 0 Å². The number of rotatable bonds is 7. The summed E-state index contributed by atoms with van der Waals surface area (Å²) in [5, 5.41) is 3.31. The highest BCUT2D eigenvalue weighted by atomic mass is 16.5. The largest absolute Gasteiger partial charge is 0.376 e. The molecule has 2 heteroatoms. The van der Waals surface area contributed by atoms with Crippen LogP contribution in [0, 0.1) is 0 Å². The van der Waals surface area contributed by atoms with E-state index in [1.165, 1.54) is 19.3 Å². The normalized spacial score (nSPS) is 12.0. The van der Waals surface area contributed by atoms with Gasteiger partial charge in [-0.05, 0) is 53.1 Å². The average molecular weight is 187 g/mol. The zero-order valence-corrected chi connectivity index (χ0v) is 9.65. The molecular weight excluding hydrogens is 162 g/mol. The van der Waals surface area contributed by atoms with E-state index in [-0.39, 0.29) is 5.60 Å². The molecule has 0 aromatic heterocycles. The van der Waals surface area contributed by atoms with Crippen molar-refractivity contribution in [3.05, 3.63) is 0 Å². The van der Waals surface area contributed by atoms with Crippen LogP contribution in [0.15, 0.2) is 0 Å². The van der Waals surface area contributed by atoms with Gasteiger partial charge in [0.05, 0.1) is 5.60 Å². The Morgan fingerprint density at radius 1 is 1.08 bits per heavy atom. The summed E-state index contributed by atoms with van der Waals surface area (Å²) in [5.74, 6) is 0. The van der Waals surface area contributed by atoms with Crippen molar-refractivity contribution >= 4 is 0 Å². The van der Waals surface area contributed by atoms with Gasteiger partial charge < -0.3 is 10.1 Å². The van der Waals surface area contributed by atoms with Crippen molar-refractivity contribution in [2.45, 2.75) is 52.6 Å². The Labute approximate surface area is 83.1 Å². The molecule has 2 nitrogen and oxygen atoms in total. The number of hydrogen-bond donors (Lipinski definition) is 1. The highest BCUT2D eigenvalue weighted by molar-refractivity contribution is 4.58. The van der Waals surface area contributed by atoms with Crippen molar-refractivity contribution in [3.63, 3.8) is 0 Å². The van der Waals surface area contributed by atoms with Crippen molar-refractivity contribution in [1.29, 1.82) is 0 Å². The first-order chi connectivity index (χ1) is 6.06. The zero-order valence-electron chi connectivity index (χ0n) is 9.65. The minimum atomic E-state index is 0.0294. The minimum Gasteiger partial charge on any atom is -0.376 e. The molecule has 0 radical (unpaired) electrons. The van der Waals surface area contributed by atoms with Gasteiger partial charge in [0.15, 0.2) is 0 Å². The fraction of sp³-hybridized carbons (Fsp3) is 1.00. The van der Waals surface area contributed by atoms with E-state index in [0.29, 0.717) is 0 Å². The molecular formula is C11H25NO. The van der Waals surface area contributed by atoms with Gasteiger partial charge in [0.25, 0.3) is 0 Å². The van der Waals surface area contributed by atoms with E-state index in [9.17, 15) is 0 Å². The van der Waals surface area contributed by atoms with E-state index < -0.39 is 0 Å². The lowest BCUT2D eigenvalue weighted by Crippen LogP contribution is -2.20. The summed E-state index contributed by atoms with van der Waals surface area (Å²) in [5.41, 5.74) is 0.0294. The molecule has 80 valence electrons. The van der Waals surface area contributed by atoms with Gasteiger partial charge in [-0.2, -0.15) is 0 Å². The molecule has 0 bridgehead atoms. The number of nitrogens with one attached hydrogen (secondary N) is 1. The lowest BCUT2D eigenvalue weighted by atomic mass is 10.2. The third-order valence-electron chi connectivity index (χ3n) is 1.78. The summed E-state index contributed by atoms with van der Waals surface area (Å²) in [6.45, 7) is 11.6. The fourth-order valence-corrected chi connectivity index (χ4v) is 1.08. The lowest BCUT2D eigenvalue weighted by molar-refractivity contribution is -0.00468. The molecule has 0 fully saturated rings. The Morgan fingerprint density at radius 2 is 1.77 bits per heavy atom. The van der Waals surface area contributed by atoms with E-state index in [0.717, 1.165) is 19.7 Å². The standard InChI is InChI=1S/C11H25NO/c1-5-12-9-7-6-8-10-13-11(2,3)4/h12H,5-10H2,1-4H3. The van der Waals surface area contributed by atoms with Crippen LogP contribution in [-0.4, -0.2) is 25.3 Å². The Balaban J connectivity index is 3.00. The highest BCUT2D eigenvalue weighted by Gasteiger charge is 2.08. The second kappa shape index (κ2) is 7.34. The number of unbranched alkanes of at least 4 members (excludes halogenated alkanes) is 2. The maximum Gasteiger partial charge on any atom is 0.0598 e. The molecule has 0 amide bonds. The molecule has 13 heavy (non-hydrogen) atoms. The molecule has 0 saturated carbocycles. The zero-order chi connectivity index (χ0) is 10.2. The fourth-order valence-electron chi connectivity index (χ4n) is 1.08. The molecule has 0 unspecified atom stereocenters. The van der Waals surface area contributed by atoms with Crippen LogP contribution in [0.1, 0.15) is 47.0 Å². The van der Waals surface area contributed by atoms with Crippen LogP contribution in [0.2, 0.25) is 0 Å². The van der Waals surface area contributed by atoms with Gasteiger partial charge >= 0.3 is 0 Å². The van der Waals surface area contributed by atoms with E-state index in [2.05, 4.69) is 33.0 Å². The highest BCUT2D eigenvalue weighted by Crippen LogP contribution is 2.07. The van der Waals surface area contributed by atoms with Gasteiger partial charge in [-0.25, -0.2) is 0 Å². The Bertz CT molecular complexity index is 107. The third-order valence-corrected chi connectivity index (χ3v) is 1.78. The predicted octanol–water partition coefficient (Wildman–Crippen LogP) is 2.58. The van der Waals surface area contributed by atoms with Gasteiger partial charge in [0.1, 0.15) is 0 Å². The third kappa shape index (κ3) is 11.9. The lowest BCUT2D eigenvalue weighted by Gasteiger charge is -2.19. The predicted molar refractivity (Wildman–Crippen MR) is 58.1 cm³/mol. The summed E-state index contributed by atoms with van der Waals surface area (Å²) >= 11 is 0. The van der Waals surface area contributed by atoms with E-state index in [1.54, 1.807) is 0 Å². The molecule has 0 aliphatic rings. The van der Waals surface area contributed by atoms with Gasteiger partial charge in [0, 0.05) is 6.61 Å². The Kier molecular flexibility index (Phi) is 7.29. The van der Waals surface area contributed by atoms with Crippen molar-refractivity contribution in [2.75, 3.05) is 19.7 Å². The molecule has 0 saturated heterocycles. The monoisotopic (exact) mass is 187 g/mol. The van der Waals surface area contributed by atoms with Crippen LogP contribution in [0.4, 0.5) is 0 Å². The van der Waals surface area contributed by atoms with Crippen molar-refractivity contribution in [1.82, 2.24) is 5.32 Å². The topological polar surface area (TPSA) is 21.3 Å². The van der Waals surface area contributed by atoms with Gasteiger partial charge in [-0.15, -0.1) is 0 Å². The van der Waals surface area contributed by atoms with E-state index in [4.69, 9.17) is 4.74 Å². The van der Waals surface area contributed by atoms with Gasteiger partial charge in [-0.1, -0.05) is 6.92 Å². The molecule has 0 atom stereocenters. The summed E-state index contributed by atoms with van der Waals surface area (Å²) in [6, 6.07) is 0. The number of hydrogen-bond acceptors (Lipinski definition) is 2. The summed E-state index contributed by atoms with van der Waals surface area (Å²) < 4.78 is 5.62.